The lowest BCUT2D eigenvalue weighted by Crippen LogP contribution is -2.10. The Bertz CT molecular complexity index is 554. The van der Waals surface area contributed by atoms with E-state index in [1.54, 1.807) is 0 Å². The van der Waals surface area contributed by atoms with Crippen molar-refractivity contribution < 1.29 is 4.39 Å². The van der Waals surface area contributed by atoms with Gasteiger partial charge in [0.2, 0.25) is 0 Å². The minimum atomic E-state index is -0.200. The van der Waals surface area contributed by atoms with Gasteiger partial charge in [-0.1, -0.05) is 42.0 Å². The summed E-state index contributed by atoms with van der Waals surface area (Å²) < 4.78 is 13.1. The van der Waals surface area contributed by atoms with Crippen LogP contribution in [-0.2, 0) is 0 Å². The number of nitrogens with one attached hydrogen (secondary N) is 1. The van der Waals surface area contributed by atoms with Crippen LogP contribution in [0.15, 0.2) is 66.2 Å². The first kappa shape index (κ1) is 14.3. The van der Waals surface area contributed by atoms with Crippen molar-refractivity contribution in [2.75, 3.05) is 5.32 Å². The summed E-state index contributed by atoms with van der Waals surface area (Å²) in [6.45, 7) is 4.18. The molecule has 0 saturated carbocycles. The van der Waals surface area contributed by atoms with Gasteiger partial charge in [0.1, 0.15) is 5.82 Å². The van der Waals surface area contributed by atoms with Crippen LogP contribution in [0.4, 0.5) is 10.1 Å². The Morgan fingerprint density at radius 1 is 1.05 bits per heavy atom. The number of anilines is 1. The van der Waals surface area contributed by atoms with Gasteiger partial charge in [-0.2, -0.15) is 0 Å². The number of allylic oxidation sites excluding steroid dienone is 1. The van der Waals surface area contributed by atoms with Crippen LogP contribution in [-0.4, -0.2) is 0 Å². The second-order valence-corrected chi connectivity index (χ2v) is 5.13. The SMILES string of the molecule is CC(C)=CCC(Nc1ccccc1)c1ccc(F)cc1. The van der Waals surface area contributed by atoms with Crippen LogP contribution < -0.4 is 5.32 Å². The maximum atomic E-state index is 13.1. The topological polar surface area (TPSA) is 12.0 Å². The van der Waals surface area contributed by atoms with Gasteiger partial charge in [-0.3, -0.25) is 0 Å². The van der Waals surface area contributed by atoms with E-state index in [1.807, 2.05) is 42.5 Å². The lowest BCUT2D eigenvalue weighted by Gasteiger charge is -2.19. The molecule has 0 saturated heterocycles. The summed E-state index contributed by atoms with van der Waals surface area (Å²) in [7, 11) is 0. The fourth-order valence-electron chi connectivity index (χ4n) is 2.06. The molecule has 0 heterocycles. The lowest BCUT2D eigenvalue weighted by molar-refractivity contribution is 0.626. The average Bonchev–Trinajstić information content (AvgIpc) is 2.45. The van der Waals surface area contributed by atoms with Gasteiger partial charge in [-0.25, -0.2) is 4.39 Å². The summed E-state index contributed by atoms with van der Waals surface area (Å²) in [5.41, 5.74) is 3.45. The van der Waals surface area contributed by atoms with Gasteiger partial charge >= 0.3 is 0 Å². The molecule has 2 heteroatoms. The predicted octanol–water partition coefficient (Wildman–Crippen LogP) is 5.34. The van der Waals surface area contributed by atoms with Crippen molar-refractivity contribution in [2.45, 2.75) is 26.3 Å². The molecule has 2 aromatic rings. The van der Waals surface area contributed by atoms with Crippen molar-refractivity contribution in [3.63, 3.8) is 0 Å². The molecule has 104 valence electrons. The Morgan fingerprint density at radius 3 is 2.30 bits per heavy atom. The Hall–Kier alpha value is -2.09. The first-order valence-corrected chi connectivity index (χ1v) is 6.85. The third-order valence-electron chi connectivity index (χ3n) is 3.15. The standard InChI is InChI=1S/C18H20FN/c1-14(2)8-13-18(15-9-11-16(19)12-10-15)20-17-6-4-3-5-7-17/h3-12,18,20H,13H2,1-2H3. The summed E-state index contributed by atoms with van der Waals surface area (Å²) in [5, 5.41) is 3.50. The van der Waals surface area contributed by atoms with Gasteiger partial charge in [-0.15, -0.1) is 0 Å². The molecule has 1 nitrogen and oxygen atoms in total. The Balaban J connectivity index is 2.20. The average molecular weight is 269 g/mol. The molecule has 2 aromatic carbocycles. The normalized spacial score (nSPS) is 11.8. The van der Waals surface area contributed by atoms with Crippen LogP contribution in [0, 0.1) is 5.82 Å². The third kappa shape index (κ3) is 4.23. The highest BCUT2D eigenvalue weighted by atomic mass is 19.1. The maximum absolute atomic E-state index is 13.1. The number of halogens is 1. The molecule has 0 aromatic heterocycles. The van der Waals surface area contributed by atoms with Crippen LogP contribution in [0.5, 0.6) is 0 Å². The highest BCUT2D eigenvalue weighted by Gasteiger charge is 2.10. The Kier molecular flexibility index (Phi) is 4.94. The molecule has 1 N–H and O–H groups in total. The van der Waals surface area contributed by atoms with Gasteiger partial charge < -0.3 is 5.32 Å². The van der Waals surface area contributed by atoms with Gasteiger partial charge in [0.05, 0.1) is 6.04 Å². The monoisotopic (exact) mass is 269 g/mol. The number of benzene rings is 2. The molecule has 0 aliphatic heterocycles. The zero-order valence-electron chi connectivity index (χ0n) is 11.9. The maximum Gasteiger partial charge on any atom is 0.123 e. The van der Waals surface area contributed by atoms with Crippen LogP contribution >= 0.6 is 0 Å². The second-order valence-electron chi connectivity index (χ2n) is 5.13. The first-order valence-electron chi connectivity index (χ1n) is 6.85. The number of rotatable bonds is 5. The molecule has 1 atom stereocenters. The third-order valence-corrected chi connectivity index (χ3v) is 3.15. The molecule has 0 fully saturated rings. The van der Waals surface area contributed by atoms with E-state index < -0.39 is 0 Å². The summed E-state index contributed by atoms with van der Waals surface area (Å²) in [4.78, 5) is 0. The molecule has 2 rings (SSSR count). The Morgan fingerprint density at radius 2 is 1.70 bits per heavy atom. The molecular formula is C18H20FN. The van der Waals surface area contributed by atoms with Crippen molar-refractivity contribution in [1.82, 2.24) is 0 Å². The lowest BCUT2D eigenvalue weighted by atomic mass is 10.0. The first-order chi connectivity index (χ1) is 9.65. The molecule has 0 aliphatic rings. The largest absolute Gasteiger partial charge is 0.378 e. The number of para-hydroxylation sites is 1. The quantitative estimate of drug-likeness (QED) is 0.723. The van der Waals surface area contributed by atoms with E-state index in [9.17, 15) is 4.39 Å². The smallest absolute Gasteiger partial charge is 0.123 e. The molecule has 0 bridgehead atoms. The zero-order chi connectivity index (χ0) is 14.4. The number of hydrogen-bond acceptors (Lipinski definition) is 1. The summed E-state index contributed by atoms with van der Waals surface area (Å²) in [6, 6.07) is 16.9. The van der Waals surface area contributed by atoms with Gasteiger partial charge in [0.15, 0.2) is 0 Å². The fraction of sp³-hybridized carbons (Fsp3) is 0.222. The van der Waals surface area contributed by atoms with Gasteiger partial charge in [-0.05, 0) is 50.1 Å². The highest BCUT2D eigenvalue weighted by molar-refractivity contribution is 5.45. The summed E-state index contributed by atoms with van der Waals surface area (Å²) >= 11 is 0. The van der Waals surface area contributed by atoms with Crippen LogP contribution in [0.2, 0.25) is 0 Å². The molecule has 0 radical (unpaired) electrons. The summed E-state index contributed by atoms with van der Waals surface area (Å²) in [5.74, 6) is -0.200. The van der Waals surface area contributed by atoms with Crippen molar-refractivity contribution >= 4 is 5.69 Å². The van der Waals surface area contributed by atoms with Crippen LogP contribution in [0.25, 0.3) is 0 Å². The van der Waals surface area contributed by atoms with E-state index in [0.717, 1.165) is 17.7 Å². The molecule has 20 heavy (non-hydrogen) atoms. The molecule has 0 spiro atoms. The van der Waals surface area contributed by atoms with E-state index in [4.69, 9.17) is 0 Å². The van der Waals surface area contributed by atoms with E-state index in [1.165, 1.54) is 17.7 Å². The van der Waals surface area contributed by atoms with Crippen LogP contribution in [0.3, 0.4) is 0 Å². The fourth-order valence-corrected chi connectivity index (χ4v) is 2.06. The van der Waals surface area contributed by atoms with E-state index >= 15 is 0 Å². The molecular weight excluding hydrogens is 249 g/mol. The molecule has 0 amide bonds. The summed E-state index contributed by atoms with van der Waals surface area (Å²) in [6.07, 6.45) is 3.08. The highest BCUT2D eigenvalue weighted by Crippen LogP contribution is 2.24. The van der Waals surface area contributed by atoms with Crippen molar-refractivity contribution in [3.05, 3.63) is 77.6 Å². The minimum absolute atomic E-state index is 0.146. The Labute approximate surface area is 120 Å². The van der Waals surface area contributed by atoms with Gasteiger partial charge in [0.25, 0.3) is 0 Å². The minimum Gasteiger partial charge on any atom is -0.378 e. The van der Waals surface area contributed by atoms with Crippen molar-refractivity contribution in [3.8, 4) is 0 Å². The van der Waals surface area contributed by atoms with E-state index in [-0.39, 0.29) is 11.9 Å². The van der Waals surface area contributed by atoms with Crippen molar-refractivity contribution in [2.24, 2.45) is 0 Å². The van der Waals surface area contributed by atoms with Crippen molar-refractivity contribution in [1.29, 1.82) is 0 Å². The molecule has 1 unspecified atom stereocenters. The van der Waals surface area contributed by atoms with Gasteiger partial charge in [0, 0.05) is 5.69 Å². The second kappa shape index (κ2) is 6.90. The van der Waals surface area contributed by atoms with E-state index in [2.05, 4.69) is 25.2 Å². The molecule has 0 aliphatic carbocycles. The number of hydrogen-bond donors (Lipinski definition) is 1. The predicted molar refractivity (Wildman–Crippen MR) is 83.3 cm³/mol. The van der Waals surface area contributed by atoms with E-state index in [0.29, 0.717) is 0 Å². The van der Waals surface area contributed by atoms with Crippen LogP contribution in [0.1, 0.15) is 31.9 Å². The zero-order valence-corrected chi connectivity index (χ0v) is 11.9.